The fourth-order valence-corrected chi connectivity index (χ4v) is 2.39. The van der Waals surface area contributed by atoms with E-state index in [9.17, 15) is 13.2 Å². The molecule has 0 unspecified atom stereocenters. The van der Waals surface area contributed by atoms with Gasteiger partial charge in [0.1, 0.15) is 11.0 Å². The Morgan fingerprint density at radius 3 is 2.24 bits per heavy atom. The van der Waals surface area contributed by atoms with Crippen LogP contribution in [0, 0.1) is 0 Å². The normalized spacial score (nSPS) is 13.3. The zero-order valence-electron chi connectivity index (χ0n) is 9.59. The van der Waals surface area contributed by atoms with Crippen LogP contribution < -0.4 is 0 Å². The summed E-state index contributed by atoms with van der Waals surface area (Å²) in [6, 6.07) is 2.46. The summed E-state index contributed by atoms with van der Waals surface area (Å²) >= 11 is 0.935. The third-order valence-corrected chi connectivity index (χ3v) is 3.03. The van der Waals surface area contributed by atoms with E-state index in [1.807, 2.05) is 0 Å². The van der Waals surface area contributed by atoms with Gasteiger partial charge in [0, 0.05) is 0 Å². The number of hydrogen-bond acceptors (Lipinski definition) is 3. The van der Waals surface area contributed by atoms with Crippen molar-refractivity contribution in [3.63, 3.8) is 0 Å². The van der Waals surface area contributed by atoms with E-state index in [4.69, 9.17) is 0 Å². The fraction of sp³-hybridized carbons (Fsp3) is 0.455. The third-order valence-electron chi connectivity index (χ3n) is 2.48. The lowest BCUT2D eigenvalue weighted by Gasteiger charge is -2.24. The number of hydrogen-bond donors (Lipinski definition) is 0. The molecule has 2 nitrogen and oxygen atoms in total. The number of rotatable bonds is 0. The molecule has 0 aliphatic carbocycles. The van der Waals surface area contributed by atoms with E-state index in [2.05, 4.69) is 8.75 Å². The van der Waals surface area contributed by atoms with Crippen LogP contribution in [0.5, 0.6) is 0 Å². The zero-order valence-corrected chi connectivity index (χ0v) is 10.4. The van der Waals surface area contributed by atoms with E-state index in [-0.39, 0.29) is 5.56 Å². The number of nitrogens with zero attached hydrogens (tertiary/aromatic N) is 2. The minimum absolute atomic E-state index is 0.219. The first kappa shape index (κ1) is 12.3. The fourth-order valence-electron chi connectivity index (χ4n) is 1.85. The van der Waals surface area contributed by atoms with Crippen molar-refractivity contribution in [3.8, 4) is 0 Å². The van der Waals surface area contributed by atoms with Gasteiger partial charge in [-0.05, 0) is 23.1 Å². The molecule has 0 spiro atoms. The molecule has 0 saturated heterocycles. The molecule has 0 radical (unpaired) electrons. The van der Waals surface area contributed by atoms with Crippen molar-refractivity contribution >= 4 is 22.8 Å². The van der Waals surface area contributed by atoms with Gasteiger partial charge in [-0.2, -0.15) is 21.9 Å². The van der Waals surface area contributed by atoms with Crippen molar-refractivity contribution in [1.29, 1.82) is 0 Å². The summed E-state index contributed by atoms with van der Waals surface area (Å²) < 4.78 is 46.9. The number of aromatic nitrogens is 2. The average molecular weight is 260 g/mol. The van der Waals surface area contributed by atoms with E-state index in [1.54, 1.807) is 20.8 Å². The molecule has 92 valence electrons. The van der Waals surface area contributed by atoms with Gasteiger partial charge >= 0.3 is 6.18 Å². The second-order valence-electron chi connectivity index (χ2n) is 4.87. The molecule has 17 heavy (non-hydrogen) atoms. The Bertz CT molecular complexity index is 552. The highest BCUT2D eigenvalue weighted by Crippen LogP contribution is 2.40. The van der Waals surface area contributed by atoms with Crippen LogP contribution in [0.25, 0.3) is 11.0 Å². The molecule has 0 atom stereocenters. The SMILES string of the molecule is CC(C)(C)c1c(C(F)(F)F)ccc2nsnc12. The maximum absolute atomic E-state index is 13.0. The molecule has 0 saturated carbocycles. The Kier molecular flexibility index (Phi) is 2.65. The summed E-state index contributed by atoms with van der Waals surface area (Å²) in [6.07, 6.45) is -4.36. The van der Waals surface area contributed by atoms with Crippen molar-refractivity contribution in [2.24, 2.45) is 0 Å². The molecule has 0 amide bonds. The van der Waals surface area contributed by atoms with Crippen LogP contribution in [-0.4, -0.2) is 8.75 Å². The molecule has 1 aromatic heterocycles. The highest BCUT2D eigenvalue weighted by Gasteiger charge is 2.38. The van der Waals surface area contributed by atoms with Crippen LogP contribution in [-0.2, 0) is 11.6 Å². The first-order chi connectivity index (χ1) is 7.71. The van der Waals surface area contributed by atoms with Crippen LogP contribution >= 0.6 is 11.7 Å². The van der Waals surface area contributed by atoms with E-state index in [0.29, 0.717) is 11.0 Å². The summed E-state index contributed by atoms with van der Waals surface area (Å²) in [6.45, 7) is 5.24. The predicted octanol–water partition coefficient (Wildman–Crippen LogP) is 4.01. The van der Waals surface area contributed by atoms with E-state index >= 15 is 0 Å². The maximum Gasteiger partial charge on any atom is 0.416 e. The first-order valence-corrected chi connectivity index (χ1v) is 5.77. The predicted molar refractivity (Wildman–Crippen MR) is 61.1 cm³/mol. The first-order valence-electron chi connectivity index (χ1n) is 5.04. The van der Waals surface area contributed by atoms with Gasteiger partial charge in [0.15, 0.2) is 0 Å². The molecule has 0 fully saturated rings. The molecule has 2 aromatic rings. The van der Waals surface area contributed by atoms with Crippen LogP contribution in [0.4, 0.5) is 13.2 Å². The molecular formula is C11H11F3N2S. The van der Waals surface area contributed by atoms with Crippen molar-refractivity contribution in [2.45, 2.75) is 32.4 Å². The van der Waals surface area contributed by atoms with Crippen LogP contribution in [0.2, 0.25) is 0 Å². The Morgan fingerprint density at radius 1 is 1.06 bits per heavy atom. The second-order valence-corrected chi connectivity index (χ2v) is 5.40. The van der Waals surface area contributed by atoms with Gasteiger partial charge in [0.2, 0.25) is 0 Å². The Labute approximate surface area is 101 Å². The lowest BCUT2D eigenvalue weighted by molar-refractivity contribution is -0.138. The van der Waals surface area contributed by atoms with Gasteiger partial charge in [-0.1, -0.05) is 20.8 Å². The average Bonchev–Trinajstić information content (AvgIpc) is 2.59. The Balaban J connectivity index is 2.85. The number of benzene rings is 1. The Morgan fingerprint density at radius 2 is 1.71 bits per heavy atom. The van der Waals surface area contributed by atoms with Gasteiger partial charge < -0.3 is 0 Å². The smallest absolute Gasteiger partial charge is 0.173 e. The van der Waals surface area contributed by atoms with Crippen molar-refractivity contribution < 1.29 is 13.2 Å². The monoisotopic (exact) mass is 260 g/mol. The minimum Gasteiger partial charge on any atom is -0.173 e. The van der Waals surface area contributed by atoms with Crippen molar-refractivity contribution in [3.05, 3.63) is 23.3 Å². The van der Waals surface area contributed by atoms with Gasteiger partial charge in [-0.25, -0.2) is 0 Å². The third kappa shape index (κ3) is 2.13. The zero-order chi connectivity index (χ0) is 12.8. The molecule has 0 bridgehead atoms. The number of alkyl halides is 3. The van der Waals surface area contributed by atoms with Gasteiger partial charge in [0.05, 0.1) is 17.3 Å². The summed E-state index contributed by atoms with van der Waals surface area (Å²) in [7, 11) is 0. The molecule has 0 aliphatic heterocycles. The number of halogens is 3. The van der Waals surface area contributed by atoms with Crippen LogP contribution in [0.1, 0.15) is 31.9 Å². The molecule has 0 N–H and O–H groups in total. The standard InChI is InChI=1S/C11H11F3N2S/c1-10(2,3)8-6(11(12,13)14)4-5-7-9(8)16-17-15-7/h4-5H,1-3H3. The summed E-state index contributed by atoms with van der Waals surface area (Å²) in [5, 5.41) is 0. The topological polar surface area (TPSA) is 25.8 Å². The second kappa shape index (κ2) is 3.66. The maximum atomic E-state index is 13.0. The summed E-state index contributed by atoms with van der Waals surface area (Å²) in [5.41, 5.74) is -0.146. The molecule has 0 aliphatic rings. The molecule has 1 aromatic carbocycles. The van der Waals surface area contributed by atoms with E-state index in [1.165, 1.54) is 6.07 Å². The lowest BCUT2D eigenvalue weighted by Crippen LogP contribution is -2.20. The summed E-state index contributed by atoms with van der Waals surface area (Å²) in [4.78, 5) is 0. The molecule has 2 rings (SSSR count). The van der Waals surface area contributed by atoms with E-state index in [0.717, 1.165) is 17.8 Å². The highest BCUT2D eigenvalue weighted by molar-refractivity contribution is 7.00. The molecular weight excluding hydrogens is 249 g/mol. The van der Waals surface area contributed by atoms with Gasteiger partial charge in [-0.3, -0.25) is 0 Å². The summed E-state index contributed by atoms with van der Waals surface area (Å²) in [5.74, 6) is 0. The van der Waals surface area contributed by atoms with Crippen molar-refractivity contribution in [1.82, 2.24) is 8.75 Å². The quantitative estimate of drug-likeness (QED) is 0.715. The number of fused-ring (bicyclic) bond motifs is 1. The van der Waals surface area contributed by atoms with Crippen LogP contribution in [0.3, 0.4) is 0 Å². The van der Waals surface area contributed by atoms with Crippen molar-refractivity contribution in [2.75, 3.05) is 0 Å². The molecule has 6 heteroatoms. The highest BCUT2D eigenvalue weighted by atomic mass is 32.1. The largest absolute Gasteiger partial charge is 0.416 e. The van der Waals surface area contributed by atoms with Gasteiger partial charge in [-0.15, -0.1) is 0 Å². The van der Waals surface area contributed by atoms with Crippen LogP contribution in [0.15, 0.2) is 12.1 Å². The van der Waals surface area contributed by atoms with Gasteiger partial charge in [0.25, 0.3) is 0 Å². The minimum atomic E-state index is -4.36. The van der Waals surface area contributed by atoms with E-state index < -0.39 is 17.2 Å². The lowest BCUT2D eigenvalue weighted by atomic mass is 9.82. The Hall–Kier alpha value is -1.17. The molecule has 1 heterocycles.